The summed E-state index contributed by atoms with van der Waals surface area (Å²) in [5.74, 6) is 0. The topological polar surface area (TPSA) is 45.4 Å². The van der Waals surface area contributed by atoms with Crippen LogP contribution in [0.25, 0.3) is 20.8 Å². The van der Waals surface area contributed by atoms with Gasteiger partial charge in [0.2, 0.25) is 9.15 Å². The molecule has 2 aliphatic heterocycles. The zero-order valence-electron chi connectivity index (χ0n) is 16.5. The molecule has 146 valence electrons. The number of aryl methyl sites for hydroxylation is 2. The average Bonchev–Trinajstić information content (AvgIpc) is 2.66. The minimum Gasteiger partial charge on any atom is -0.366 e. The number of aromatic nitrogens is 1. The van der Waals surface area contributed by atoms with Gasteiger partial charge >= 0.3 is 0 Å². The highest BCUT2D eigenvalue weighted by molar-refractivity contribution is 14.1. The molecule has 5 nitrogen and oxygen atoms in total. The number of fused-ring (bicyclic) bond motifs is 2. The Hall–Kier alpha value is -1.58. The summed E-state index contributed by atoms with van der Waals surface area (Å²) in [6.07, 6.45) is -0.353. The highest BCUT2D eigenvalue weighted by Gasteiger charge is 2.26. The van der Waals surface area contributed by atoms with Crippen molar-refractivity contribution in [2.45, 2.75) is 20.0 Å². The van der Waals surface area contributed by atoms with E-state index in [1.165, 1.54) is 20.5 Å². The Kier molecular flexibility index (Phi) is 5.41. The largest absolute Gasteiger partial charge is 0.366 e. The number of carbonyl (C=O) groups is 1. The lowest BCUT2D eigenvalue weighted by Gasteiger charge is -2.33. The molecule has 0 spiro atoms. The Labute approximate surface area is 182 Å². The molecule has 0 amide bonds. The predicted octanol–water partition coefficient (Wildman–Crippen LogP) is 3.22. The van der Waals surface area contributed by atoms with Crippen LogP contribution in [0, 0.1) is 13.8 Å². The lowest BCUT2D eigenvalue weighted by atomic mass is 10.1. The quantitative estimate of drug-likeness (QED) is 0.231. The van der Waals surface area contributed by atoms with Crippen LogP contribution in [-0.2, 0) is 9.53 Å². The number of halogens is 1. The second kappa shape index (κ2) is 7.68. The van der Waals surface area contributed by atoms with Crippen LogP contribution in [0.3, 0.4) is 0 Å². The molecule has 3 aliphatic rings. The molecule has 0 radical (unpaired) electrons. The third-order valence-corrected chi connectivity index (χ3v) is 6.90. The van der Waals surface area contributed by atoms with E-state index in [-0.39, 0.29) is 9.89 Å². The molecule has 0 bridgehead atoms. The molecule has 0 saturated carbocycles. The van der Waals surface area contributed by atoms with Crippen molar-refractivity contribution in [2.75, 3.05) is 38.7 Å². The summed E-state index contributed by atoms with van der Waals surface area (Å²) in [5, 5.41) is 1.19. The van der Waals surface area contributed by atoms with E-state index >= 15 is 0 Å². The van der Waals surface area contributed by atoms with Crippen LogP contribution >= 0.6 is 33.9 Å². The first kappa shape index (κ1) is 19.7. The van der Waals surface area contributed by atoms with Gasteiger partial charge in [0.15, 0.2) is 0 Å². The van der Waals surface area contributed by atoms with Crippen LogP contribution in [0.4, 0.5) is 5.69 Å². The summed E-state index contributed by atoms with van der Waals surface area (Å²) in [6.45, 7) is 6.20. The van der Waals surface area contributed by atoms with Gasteiger partial charge in [0, 0.05) is 47.0 Å². The van der Waals surface area contributed by atoms with Crippen molar-refractivity contribution < 1.29 is 9.53 Å². The smallest absolute Gasteiger partial charge is 0.222 e. The van der Waals surface area contributed by atoms with Crippen LogP contribution in [-0.4, -0.2) is 48.7 Å². The van der Waals surface area contributed by atoms with Crippen LogP contribution in [0.2, 0.25) is 0 Å². The maximum Gasteiger partial charge on any atom is 0.222 e. The predicted molar refractivity (Wildman–Crippen MR) is 124 cm³/mol. The number of hydrogen-bond donors (Lipinski definition) is 0. The Morgan fingerprint density at radius 2 is 2.04 bits per heavy atom. The Morgan fingerprint density at radius 1 is 1.25 bits per heavy atom. The Morgan fingerprint density at radius 3 is 2.75 bits per heavy atom. The van der Waals surface area contributed by atoms with Gasteiger partial charge < -0.3 is 9.64 Å². The fourth-order valence-electron chi connectivity index (χ4n) is 3.59. The molecule has 0 N–H and O–H groups in total. The molecular formula is C21H23IN3O2S+. The highest BCUT2D eigenvalue weighted by Crippen LogP contribution is 2.35. The number of ether oxygens (including phenoxy) is 1. The monoisotopic (exact) mass is 508 g/mol. The number of hydrogen-bond acceptors (Lipinski definition) is 5. The van der Waals surface area contributed by atoms with E-state index < -0.39 is 0 Å². The molecule has 0 aromatic heterocycles. The Bertz CT molecular complexity index is 1120. The van der Waals surface area contributed by atoms with Gasteiger partial charge in [-0.3, -0.25) is 4.79 Å². The minimum atomic E-state index is -0.353. The third kappa shape index (κ3) is 3.67. The summed E-state index contributed by atoms with van der Waals surface area (Å²) in [4.78, 5) is 20.2. The molecule has 1 atom stereocenters. The van der Waals surface area contributed by atoms with Crippen molar-refractivity contribution in [3.05, 3.63) is 40.7 Å². The molecule has 1 aromatic rings. The van der Waals surface area contributed by atoms with Gasteiger partial charge in [-0.05, 0) is 37.1 Å². The minimum absolute atomic E-state index is 0.0574. The SMILES string of the molecule is Cc1cc(=[N+](C)C)cc2sc3cc(N4CCOC(C(=O)I)C4)cc(C)c3nc1-2. The van der Waals surface area contributed by atoms with E-state index in [9.17, 15) is 4.79 Å². The Balaban J connectivity index is 1.86. The second-order valence-electron chi connectivity index (χ2n) is 7.44. The van der Waals surface area contributed by atoms with E-state index in [1.54, 1.807) is 11.3 Å². The summed E-state index contributed by atoms with van der Waals surface area (Å²) >= 11 is 3.61. The molecule has 28 heavy (non-hydrogen) atoms. The van der Waals surface area contributed by atoms with Gasteiger partial charge in [-0.25, -0.2) is 9.56 Å². The molecule has 1 aliphatic carbocycles. The van der Waals surface area contributed by atoms with Gasteiger partial charge in [0.05, 0.1) is 33.9 Å². The molecule has 1 saturated heterocycles. The van der Waals surface area contributed by atoms with Gasteiger partial charge in [0.25, 0.3) is 0 Å². The first-order valence-corrected chi connectivity index (χ1v) is 11.1. The van der Waals surface area contributed by atoms with E-state index in [0.717, 1.165) is 29.0 Å². The van der Waals surface area contributed by atoms with Crippen molar-refractivity contribution in [3.8, 4) is 10.6 Å². The number of morpholine rings is 1. The zero-order chi connectivity index (χ0) is 20.0. The standard InChI is InChI=1S/C21H23IN3O2S/c1-12-7-14(24(3)4)9-17-19(12)23-20-13(2)8-15(10-18(20)28-17)25-5-6-27-16(11-25)21(22)26/h7-10,16H,5-6,11H2,1-4H3/q+1. The first-order chi connectivity index (χ1) is 13.3. The molecule has 2 heterocycles. The molecule has 4 rings (SSSR count). The van der Waals surface area contributed by atoms with Crippen molar-refractivity contribution in [1.29, 1.82) is 0 Å². The number of rotatable bonds is 2. The van der Waals surface area contributed by atoms with Crippen LogP contribution < -0.4 is 14.8 Å². The molecular weight excluding hydrogens is 485 g/mol. The lowest BCUT2D eigenvalue weighted by molar-refractivity contribution is -0.120. The van der Waals surface area contributed by atoms with Crippen molar-refractivity contribution in [2.24, 2.45) is 0 Å². The van der Waals surface area contributed by atoms with Gasteiger partial charge in [-0.1, -0.05) is 0 Å². The molecule has 1 unspecified atom stereocenters. The molecule has 7 heteroatoms. The summed E-state index contributed by atoms with van der Waals surface area (Å²) in [5.41, 5.74) is 5.61. The first-order valence-electron chi connectivity index (χ1n) is 9.25. The molecule has 1 aromatic carbocycles. The number of anilines is 1. The van der Waals surface area contributed by atoms with Gasteiger partial charge in [-0.15, -0.1) is 11.3 Å². The van der Waals surface area contributed by atoms with Gasteiger partial charge in [0.1, 0.15) is 20.2 Å². The normalized spacial score (nSPS) is 17.3. The lowest BCUT2D eigenvalue weighted by Crippen LogP contribution is -2.44. The molecule has 1 fully saturated rings. The van der Waals surface area contributed by atoms with Crippen molar-refractivity contribution in [1.82, 2.24) is 9.56 Å². The van der Waals surface area contributed by atoms with Crippen LogP contribution in [0.15, 0.2) is 24.3 Å². The maximum atomic E-state index is 11.7. The van der Waals surface area contributed by atoms with Crippen molar-refractivity contribution >= 4 is 53.6 Å². The average molecular weight is 508 g/mol. The highest BCUT2D eigenvalue weighted by atomic mass is 127. The second-order valence-corrected chi connectivity index (χ2v) is 9.58. The van der Waals surface area contributed by atoms with E-state index in [1.807, 2.05) is 22.6 Å². The fourth-order valence-corrected chi connectivity index (χ4v) is 5.17. The summed E-state index contributed by atoms with van der Waals surface area (Å²) < 4.78 is 8.95. The van der Waals surface area contributed by atoms with Gasteiger partial charge in [-0.2, -0.15) is 0 Å². The zero-order valence-corrected chi connectivity index (χ0v) is 19.4. The summed E-state index contributed by atoms with van der Waals surface area (Å²) in [7, 11) is 4.12. The van der Waals surface area contributed by atoms with Crippen LogP contribution in [0.1, 0.15) is 11.1 Å². The van der Waals surface area contributed by atoms with Crippen molar-refractivity contribution in [3.63, 3.8) is 0 Å². The third-order valence-electron chi connectivity index (χ3n) is 5.15. The van der Waals surface area contributed by atoms with Crippen LogP contribution in [0.5, 0.6) is 0 Å². The van der Waals surface area contributed by atoms with E-state index in [2.05, 4.69) is 61.7 Å². The number of nitrogens with zero attached hydrogens (tertiary/aromatic N) is 3. The fraction of sp³-hybridized carbons (Fsp3) is 0.381. The number of carbonyl (C=O) groups excluding carboxylic acids is 1. The van der Waals surface area contributed by atoms with E-state index in [0.29, 0.717) is 13.2 Å². The van der Waals surface area contributed by atoms with E-state index in [4.69, 9.17) is 9.72 Å². The maximum absolute atomic E-state index is 11.7. The number of benzene rings is 2. The summed E-state index contributed by atoms with van der Waals surface area (Å²) in [6, 6.07) is 8.78.